The lowest BCUT2D eigenvalue weighted by Crippen LogP contribution is -2.36. The Balaban J connectivity index is 2.37. The molecule has 0 radical (unpaired) electrons. The molecule has 0 heterocycles. The Labute approximate surface area is 89.0 Å². The van der Waals surface area contributed by atoms with Crippen molar-refractivity contribution in [3.63, 3.8) is 0 Å². The maximum Gasteiger partial charge on any atom is 0.00953 e. The molecule has 1 heteroatoms. The highest BCUT2D eigenvalue weighted by molar-refractivity contribution is 4.82. The monoisotopic (exact) mass is 195 g/mol. The lowest BCUT2D eigenvalue weighted by molar-refractivity contribution is 0.222. The van der Waals surface area contributed by atoms with Crippen LogP contribution in [0.3, 0.4) is 0 Å². The van der Waals surface area contributed by atoms with Crippen LogP contribution in [0.4, 0.5) is 0 Å². The zero-order valence-corrected chi connectivity index (χ0v) is 9.76. The molecule has 1 N–H and O–H groups in total. The molecule has 1 fully saturated rings. The SMILES string of the molecule is C=CCCC(NC)C1CCCC(C)C1. The molecule has 1 aliphatic carbocycles. The number of hydrogen-bond donors (Lipinski definition) is 1. The molecule has 1 aliphatic rings. The van der Waals surface area contributed by atoms with Crippen molar-refractivity contribution in [1.29, 1.82) is 0 Å². The molecule has 0 amide bonds. The third-order valence-electron chi connectivity index (χ3n) is 3.60. The second-order valence-electron chi connectivity index (χ2n) is 4.79. The van der Waals surface area contributed by atoms with Crippen LogP contribution in [0.5, 0.6) is 0 Å². The van der Waals surface area contributed by atoms with Crippen LogP contribution in [0.1, 0.15) is 45.4 Å². The first kappa shape index (κ1) is 11.8. The summed E-state index contributed by atoms with van der Waals surface area (Å²) < 4.78 is 0. The Hall–Kier alpha value is -0.300. The van der Waals surface area contributed by atoms with Crippen LogP contribution in [-0.2, 0) is 0 Å². The van der Waals surface area contributed by atoms with Gasteiger partial charge in [0.2, 0.25) is 0 Å². The minimum absolute atomic E-state index is 0.718. The standard InChI is InChI=1S/C13H25N/c1-4-5-9-13(14-3)12-8-6-7-11(2)10-12/h4,11-14H,1,5-10H2,2-3H3. The fourth-order valence-electron chi connectivity index (χ4n) is 2.76. The van der Waals surface area contributed by atoms with Gasteiger partial charge < -0.3 is 5.32 Å². The number of allylic oxidation sites excluding steroid dienone is 1. The van der Waals surface area contributed by atoms with Crippen LogP contribution in [-0.4, -0.2) is 13.1 Å². The quantitative estimate of drug-likeness (QED) is 0.663. The lowest BCUT2D eigenvalue weighted by Gasteiger charge is -2.33. The van der Waals surface area contributed by atoms with E-state index in [9.17, 15) is 0 Å². The first-order valence-electron chi connectivity index (χ1n) is 6.06. The second-order valence-corrected chi connectivity index (χ2v) is 4.79. The summed E-state index contributed by atoms with van der Waals surface area (Å²) in [5, 5.41) is 3.48. The van der Waals surface area contributed by atoms with Gasteiger partial charge in [-0.15, -0.1) is 6.58 Å². The largest absolute Gasteiger partial charge is 0.317 e. The molecule has 1 nitrogen and oxygen atoms in total. The Morgan fingerprint density at radius 2 is 2.29 bits per heavy atom. The number of nitrogens with one attached hydrogen (secondary N) is 1. The fraction of sp³-hybridized carbons (Fsp3) is 0.846. The van der Waals surface area contributed by atoms with Gasteiger partial charge in [0.1, 0.15) is 0 Å². The van der Waals surface area contributed by atoms with Crippen molar-refractivity contribution in [3.05, 3.63) is 12.7 Å². The van der Waals surface area contributed by atoms with Gasteiger partial charge in [0.15, 0.2) is 0 Å². The van der Waals surface area contributed by atoms with E-state index in [0.717, 1.165) is 24.3 Å². The molecule has 14 heavy (non-hydrogen) atoms. The Kier molecular flexibility index (Phi) is 5.24. The van der Waals surface area contributed by atoms with E-state index in [1.807, 2.05) is 6.08 Å². The predicted octanol–water partition coefficient (Wildman–Crippen LogP) is 3.37. The van der Waals surface area contributed by atoms with E-state index >= 15 is 0 Å². The third kappa shape index (κ3) is 3.45. The van der Waals surface area contributed by atoms with Crippen LogP contribution >= 0.6 is 0 Å². The molecule has 3 atom stereocenters. The van der Waals surface area contributed by atoms with Crippen molar-refractivity contribution in [2.45, 2.75) is 51.5 Å². The topological polar surface area (TPSA) is 12.0 Å². The minimum Gasteiger partial charge on any atom is -0.317 e. The normalized spacial score (nSPS) is 29.9. The zero-order chi connectivity index (χ0) is 10.4. The van der Waals surface area contributed by atoms with E-state index in [2.05, 4.69) is 25.9 Å². The van der Waals surface area contributed by atoms with Gasteiger partial charge in [0.05, 0.1) is 0 Å². The van der Waals surface area contributed by atoms with Crippen LogP contribution in [0.2, 0.25) is 0 Å². The summed E-state index contributed by atoms with van der Waals surface area (Å²) >= 11 is 0. The van der Waals surface area contributed by atoms with Gasteiger partial charge in [0, 0.05) is 6.04 Å². The van der Waals surface area contributed by atoms with E-state index in [1.165, 1.54) is 32.1 Å². The third-order valence-corrected chi connectivity index (χ3v) is 3.60. The molecule has 1 saturated carbocycles. The van der Waals surface area contributed by atoms with Crippen LogP contribution < -0.4 is 5.32 Å². The average molecular weight is 195 g/mol. The highest BCUT2D eigenvalue weighted by Gasteiger charge is 2.24. The molecule has 0 aromatic carbocycles. The molecular weight excluding hydrogens is 170 g/mol. The van der Waals surface area contributed by atoms with Crippen molar-refractivity contribution < 1.29 is 0 Å². The lowest BCUT2D eigenvalue weighted by atomic mass is 9.77. The van der Waals surface area contributed by atoms with Crippen molar-refractivity contribution in [2.24, 2.45) is 11.8 Å². The van der Waals surface area contributed by atoms with Crippen molar-refractivity contribution >= 4 is 0 Å². The van der Waals surface area contributed by atoms with Gasteiger partial charge in [-0.2, -0.15) is 0 Å². The molecular formula is C13H25N. The molecule has 3 unspecified atom stereocenters. The van der Waals surface area contributed by atoms with Crippen LogP contribution in [0.25, 0.3) is 0 Å². The van der Waals surface area contributed by atoms with Gasteiger partial charge in [-0.3, -0.25) is 0 Å². The molecule has 0 saturated heterocycles. The van der Waals surface area contributed by atoms with Crippen molar-refractivity contribution in [1.82, 2.24) is 5.32 Å². The molecule has 0 aromatic rings. The highest BCUT2D eigenvalue weighted by Crippen LogP contribution is 2.31. The highest BCUT2D eigenvalue weighted by atomic mass is 14.9. The molecule has 0 spiro atoms. The first-order chi connectivity index (χ1) is 6.77. The summed E-state index contributed by atoms with van der Waals surface area (Å²) in [6, 6.07) is 0.718. The smallest absolute Gasteiger partial charge is 0.00953 e. The Bertz CT molecular complexity index is 165. The summed E-state index contributed by atoms with van der Waals surface area (Å²) in [6.45, 7) is 6.19. The maximum absolute atomic E-state index is 3.80. The van der Waals surface area contributed by atoms with Crippen LogP contribution in [0, 0.1) is 11.8 Å². The average Bonchev–Trinajstić information content (AvgIpc) is 2.19. The summed E-state index contributed by atoms with van der Waals surface area (Å²) in [6.07, 6.45) is 10.2. The summed E-state index contributed by atoms with van der Waals surface area (Å²) in [4.78, 5) is 0. The fourth-order valence-corrected chi connectivity index (χ4v) is 2.76. The summed E-state index contributed by atoms with van der Waals surface area (Å²) in [5.41, 5.74) is 0. The molecule has 0 aliphatic heterocycles. The van der Waals surface area contributed by atoms with Crippen LogP contribution in [0.15, 0.2) is 12.7 Å². The number of rotatable bonds is 5. The van der Waals surface area contributed by atoms with Crippen molar-refractivity contribution in [3.8, 4) is 0 Å². The Morgan fingerprint density at radius 1 is 1.50 bits per heavy atom. The predicted molar refractivity (Wildman–Crippen MR) is 63.4 cm³/mol. The van der Waals surface area contributed by atoms with Gasteiger partial charge in [0.25, 0.3) is 0 Å². The second kappa shape index (κ2) is 6.23. The van der Waals surface area contributed by atoms with E-state index in [0.29, 0.717) is 0 Å². The molecule has 82 valence electrons. The van der Waals surface area contributed by atoms with Gasteiger partial charge in [-0.05, 0) is 44.6 Å². The van der Waals surface area contributed by atoms with Gasteiger partial charge in [-0.1, -0.05) is 25.8 Å². The molecule has 1 rings (SSSR count). The van der Waals surface area contributed by atoms with E-state index in [-0.39, 0.29) is 0 Å². The van der Waals surface area contributed by atoms with Crippen molar-refractivity contribution in [2.75, 3.05) is 7.05 Å². The summed E-state index contributed by atoms with van der Waals surface area (Å²) in [7, 11) is 2.10. The van der Waals surface area contributed by atoms with Gasteiger partial charge in [-0.25, -0.2) is 0 Å². The Morgan fingerprint density at radius 3 is 2.86 bits per heavy atom. The number of hydrogen-bond acceptors (Lipinski definition) is 1. The van der Waals surface area contributed by atoms with E-state index in [4.69, 9.17) is 0 Å². The zero-order valence-electron chi connectivity index (χ0n) is 9.76. The molecule has 0 aromatic heterocycles. The van der Waals surface area contributed by atoms with Gasteiger partial charge >= 0.3 is 0 Å². The summed E-state index contributed by atoms with van der Waals surface area (Å²) in [5.74, 6) is 1.84. The van der Waals surface area contributed by atoms with E-state index < -0.39 is 0 Å². The minimum atomic E-state index is 0.718. The first-order valence-corrected chi connectivity index (χ1v) is 6.06. The maximum atomic E-state index is 3.80. The molecule has 0 bridgehead atoms. The van der Waals surface area contributed by atoms with E-state index in [1.54, 1.807) is 0 Å².